The van der Waals surface area contributed by atoms with E-state index in [2.05, 4.69) is 15.9 Å². The number of halogens is 1. The zero-order valence-electron chi connectivity index (χ0n) is 11.4. The van der Waals surface area contributed by atoms with Crippen LogP contribution in [-0.4, -0.2) is 13.1 Å². The van der Waals surface area contributed by atoms with Crippen LogP contribution >= 0.6 is 15.9 Å². The molecule has 104 valence electrons. The van der Waals surface area contributed by atoms with Gasteiger partial charge in [0.2, 0.25) is 0 Å². The van der Waals surface area contributed by atoms with Crippen molar-refractivity contribution in [1.82, 2.24) is 0 Å². The summed E-state index contributed by atoms with van der Waals surface area (Å²) in [5.74, 6) is 0.445. The third kappa shape index (κ3) is 3.39. The average Bonchev–Trinajstić information content (AvgIpc) is 2.46. The average molecular weight is 335 g/mol. The quantitative estimate of drug-likeness (QED) is 0.789. The second-order valence-electron chi connectivity index (χ2n) is 4.35. The molecule has 0 aromatic heterocycles. The van der Waals surface area contributed by atoms with Gasteiger partial charge in [0, 0.05) is 10.0 Å². The molecule has 0 aliphatic rings. The molecule has 0 atom stereocenters. The Morgan fingerprint density at radius 2 is 1.95 bits per heavy atom. The van der Waals surface area contributed by atoms with Crippen molar-refractivity contribution in [2.45, 2.75) is 13.5 Å². The Morgan fingerprint density at radius 3 is 2.65 bits per heavy atom. The molecular formula is C16H15BrO3. The molecule has 0 N–H and O–H groups in total. The van der Waals surface area contributed by atoms with E-state index < -0.39 is 0 Å². The molecule has 0 saturated carbocycles. The van der Waals surface area contributed by atoms with Crippen molar-refractivity contribution in [2.75, 3.05) is 7.11 Å². The van der Waals surface area contributed by atoms with E-state index in [4.69, 9.17) is 9.47 Å². The first-order valence-corrected chi connectivity index (χ1v) is 6.96. The van der Waals surface area contributed by atoms with Crippen molar-refractivity contribution in [2.24, 2.45) is 0 Å². The number of carbonyl (C=O) groups is 1. The maximum Gasteiger partial charge on any atom is 0.338 e. The van der Waals surface area contributed by atoms with Gasteiger partial charge in [-0.25, -0.2) is 4.79 Å². The Labute approximate surface area is 126 Å². The highest BCUT2D eigenvalue weighted by Crippen LogP contribution is 2.21. The number of esters is 1. The summed E-state index contributed by atoms with van der Waals surface area (Å²) in [5, 5.41) is 0. The number of hydrogen-bond donors (Lipinski definition) is 0. The number of methoxy groups -OCH3 is 1. The van der Waals surface area contributed by atoms with E-state index in [9.17, 15) is 4.79 Å². The minimum Gasteiger partial charge on any atom is -0.489 e. The normalized spacial score (nSPS) is 10.2. The van der Waals surface area contributed by atoms with Gasteiger partial charge in [-0.1, -0.05) is 40.2 Å². The zero-order valence-corrected chi connectivity index (χ0v) is 12.9. The van der Waals surface area contributed by atoms with Crippen LogP contribution in [0.4, 0.5) is 0 Å². The van der Waals surface area contributed by atoms with Gasteiger partial charge < -0.3 is 9.47 Å². The predicted octanol–water partition coefficient (Wildman–Crippen LogP) is 4.12. The van der Waals surface area contributed by atoms with E-state index in [1.54, 1.807) is 6.07 Å². The molecular weight excluding hydrogens is 320 g/mol. The van der Waals surface area contributed by atoms with Gasteiger partial charge in [0.1, 0.15) is 12.4 Å². The number of carbonyl (C=O) groups excluding carboxylic acids is 1. The monoisotopic (exact) mass is 334 g/mol. The molecule has 2 aromatic rings. The summed E-state index contributed by atoms with van der Waals surface area (Å²) < 4.78 is 11.4. The number of para-hydroxylation sites is 1. The van der Waals surface area contributed by atoms with Crippen molar-refractivity contribution in [3.05, 3.63) is 63.6 Å². The zero-order chi connectivity index (χ0) is 14.5. The molecule has 4 heteroatoms. The van der Waals surface area contributed by atoms with Gasteiger partial charge in [-0.3, -0.25) is 0 Å². The summed E-state index contributed by atoms with van der Waals surface area (Å²) in [6.45, 7) is 2.31. The van der Waals surface area contributed by atoms with Crippen LogP contribution in [0, 0.1) is 6.92 Å². The van der Waals surface area contributed by atoms with Gasteiger partial charge in [-0.15, -0.1) is 0 Å². The van der Waals surface area contributed by atoms with Crippen molar-refractivity contribution in [3.63, 3.8) is 0 Å². The second kappa shape index (κ2) is 6.57. The lowest BCUT2D eigenvalue weighted by atomic mass is 10.1. The third-order valence-corrected chi connectivity index (χ3v) is 3.45. The molecule has 0 amide bonds. The smallest absolute Gasteiger partial charge is 0.338 e. The summed E-state index contributed by atoms with van der Waals surface area (Å²) in [4.78, 5) is 11.8. The Bertz CT molecular complexity index is 623. The lowest BCUT2D eigenvalue weighted by Crippen LogP contribution is -2.08. The molecule has 0 spiro atoms. The minimum absolute atomic E-state index is 0.322. The van der Waals surface area contributed by atoms with Crippen LogP contribution in [0.2, 0.25) is 0 Å². The Morgan fingerprint density at radius 1 is 1.20 bits per heavy atom. The van der Waals surface area contributed by atoms with Gasteiger partial charge >= 0.3 is 5.97 Å². The Balaban J connectivity index is 2.21. The van der Waals surface area contributed by atoms with Crippen molar-refractivity contribution in [1.29, 1.82) is 0 Å². The van der Waals surface area contributed by atoms with E-state index in [1.807, 2.05) is 43.3 Å². The number of aryl methyl sites for hydroxylation is 1. The minimum atomic E-state index is -0.366. The number of ether oxygens (including phenoxy) is 2. The van der Waals surface area contributed by atoms with Crippen LogP contribution in [0.15, 0.2) is 46.9 Å². The van der Waals surface area contributed by atoms with Gasteiger partial charge in [-0.05, 0) is 30.7 Å². The van der Waals surface area contributed by atoms with Gasteiger partial charge in [0.25, 0.3) is 0 Å². The first-order chi connectivity index (χ1) is 9.61. The summed E-state index contributed by atoms with van der Waals surface area (Å²) in [5.41, 5.74) is 2.36. The van der Waals surface area contributed by atoms with Crippen LogP contribution in [0.25, 0.3) is 0 Å². The van der Waals surface area contributed by atoms with E-state index in [-0.39, 0.29) is 5.97 Å². The summed E-state index contributed by atoms with van der Waals surface area (Å²) in [6.07, 6.45) is 0. The first kappa shape index (κ1) is 14.6. The standard InChI is InChI=1S/C16H15BrO3/c1-11-5-3-4-6-15(11)20-10-12-7-8-13(17)9-14(12)16(18)19-2/h3-9H,10H2,1-2H3. The fourth-order valence-electron chi connectivity index (χ4n) is 1.85. The molecule has 0 bridgehead atoms. The molecule has 20 heavy (non-hydrogen) atoms. The van der Waals surface area contributed by atoms with E-state index in [0.29, 0.717) is 12.2 Å². The van der Waals surface area contributed by atoms with E-state index >= 15 is 0 Å². The SMILES string of the molecule is COC(=O)c1cc(Br)ccc1COc1ccccc1C. The van der Waals surface area contributed by atoms with Gasteiger partial charge in [0.15, 0.2) is 0 Å². The van der Waals surface area contributed by atoms with Crippen LogP contribution in [0.1, 0.15) is 21.5 Å². The topological polar surface area (TPSA) is 35.5 Å². The molecule has 0 fully saturated rings. The Kier molecular flexibility index (Phi) is 4.79. The molecule has 0 saturated heterocycles. The maximum atomic E-state index is 11.8. The Hall–Kier alpha value is -1.81. The highest BCUT2D eigenvalue weighted by molar-refractivity contribution is 9.10. The number of hydrogen-bond acceptors (Lipinski definition) is 3. The summed E-state index contributed by atoms with van der Waals surface area (Å²) >= 11 is 3.35. The first-order valence-electron chi connectivity index (χ1n) is 6.17. The molecule has 0 unspecified atom stereocenters. The van der Waals surface area contributed by atoms with Crippen molar-refractivity contribution in [3.8, 4) is 5.75 Å². The highest BCUT2D eigenvalue weighted by Gasteiger charge is 2.13. The molecule has 0 radical (unpaired) electrons. The third-order valence-electron chi connectivity index (χ3n) is 2.95. The van der Waals surface area contributed by atoms with E-state index in [1.165, 1.54) is 7.11 Å². The summed E-state index contributed by atoms with van der Waals surface area (Å²) in [6, 6.07) is 13.2. The van der Waals surface area contributed by atoms with Crippen LogP contribution in [0.3, 0.4) is 0 Å². The molecule has 2 aromatic carbocycles. The lowest BCUT2D eigenvalue weighted by molar-refractivity contribution is 0.0597. The summed E-state index contributed by atoms with van der Waals surface area (Å²) in [7, 11) is 1.37. The maximum absolute atomic E-state index is 11.8. The van der Waals surface area contributed by atoms with E-state index in [0.717, 1.165) is 21.3 Å². The largest absolute Gasteiger partial charge is 0.489 e. The van der Waals surface area contributed by atoms with Crippen molar-refractivity contribution < 1.29 is 14.3 Å². The van der Waals surface area contributed by atoms with Crippen molar-refractivity contribution >= 4 is 21.9 Å². The van der Waals surface area contributed by atoms with Gasteiger partial charge in [-0.2, -0.15) is 0 Å². The molecule has 0 aliphatic heterocycles. The molecule has 2 rings (SSSR count). The molecule has 3 nitrogen and oxygen atoms in total. The molecule has 0 heterocycles. The predicted molar refractivity (Wildman–Crippen MR) is 81.0 cm³/mol. The fraction of sp³-hybridized carbons (Fsp3) is 0.188. The van der Waals surface area contributed by atoms with Gasteiger partial charge in [0.05, 0.1) is 12.7 Å². The van der Waals surface area contributed by atoms with Crippen LogP contribution in [-0.2, 0) is 11.3 Å². The van der Waals surface area contributed by atoms with Crippen LogP contribution in [0.5, 0.6) is 5.75 Å². The van der Waals surface area contributed by atoms with Crippen LogP contribution < -0.4 is 4.74 Å². The second-order valence-corrected chi connectivity index (χ2v) is 5.26. The molecule has 0 aliphatic carbocycles. The number of rotatable bonds is 4. The number of benzene rings is 2. The lowest BCUT2D eigenvalue weighted by Gasteiger charge is -2.12. The fourth-order valence-corrected chi connectivity index (χ4v) is 2.21. The highest BCUT2D eigenvalue weighted by atomic mass is 79.9.